The van der Waals surface area contributed by atoms with Gasteiger partial charge in [-0.05, 0) is 18.0 Å². The van der Waals surface area contributed by atoms with Crippen LogP contribution in [0.3, 0.4) is 0 Å². The Morgan fingerprint density at radius 2 is 2.06 bits per heavy atom. The van der Waals surface area contributed by atoms with Crippen LogP contribution in [-0.2, 0) is 0 Å². The Labute approximate surface area is 110 Å². The summed E-state index contributed by atoms with van der Waals surface area (Å²) in [5, 5.41) is 8.69. The van der Waals surface area contributed by atoms with E-state index in [1.807, 2.05) is 6.26 Å². The molecule has 0 saturated heterocycles. The minimum atomic E-state index is 0.319. The van der Waals surface area contributed by atoms with Crippen LogP contribution in [0.4, 0.5) is 5.82 Å². The van der Waals surface area contributed by atoms with E-state index in [0.29, 0.717) is 16.6 Å². The zero-order valence-corrected chi connectivity index (χ0v) is 11.5. The summed E-state index contributed by atoms with van der Waals surface area (Å²) in [5.41, 5.74) is 5.69. The van der Waals surface area contributed by atoms with Crippen LogP contribution in [0.1, 0.15) is 0 Å². The van der Waals surface area contributed by atoms with Crippen LogP contribution in [0.25, 0.3) is 0 Å². The summed E-state index contributed by atoms with van der Waals surface area (Å²) in [7, 11) is 1.53. The number of hydrogen-bond donors (Lipinski definition) is 1. The van der Waals surface area contributed by atoms with Crippen LogP contribution in [0.15, 0.2) is 20.0 Å². The lowest BCUT2D eigenvalue weighted by molar-refractivity contribution is 0.401. The van der Waals surface area contributed by atoms with Crippen molar-refractivity contribution in [1.29, 1.82) is 0 Å². The van der Waals surface area contributed by atoms with Crippen molar-refractivity contribution in [3.05, 3.63) is 6.33 Å². The van der Waals surface area contributed by atoms with E-state index < -0.39 is 0 Å². The van der Waals surface area contributed by atoms with E-state index in [0.717, 1.165) is 8.68 Å². The van der Waals surface area contributed by atoms with Crippen LogP contribution in [0.5, 0.6) is 5.75 Å². The normalized spacial score (nSPS) is 10.5. The van der Waals surface area contributed by atoms with Crippen molar-refractivity contribution in [3.8, 4) is 5.75 Å². The number of nitrogen functional groups attached to an aromatic ring is 1. The Balaban J connectivity index is 2.26. The molecule has 0 aromatic carbocycles. The third-order valence-corrected chi connectivity index (χ3v) is 4.68. The lowest BCUT2D eigenvalue weighted by atomic mass is 10.5. The minimum Gasteiger partial charge on any atom is -0.490 e. The topological polar surface area (TPSA) is 86.8 Å². The number of thioether (sulfide) groups is 1. The summed E-state index contributed by atoms with van der Waals surface area (Å²) in [6.45, 7) is 0. The summed E-state index contributed by atoms with van der Waals surface area (Å²) in [6, 6.07) is 0. The summed E-state index contributed by atoms with van der Waals surface area (Å²) < 4.78 is 6.87. The number of rotatable bonds is 4. The van der Waals surface area contributed by atoms with Crippen molar-refractivity contribution in [2.75, 3.05) is 19.1 Å². The smallest absolute Gasteiger partial charge is 0.193 e. The molecule has 9 heteroatoms. The van der Waals surface area contributed by atoms with E-state index in [9.17, 15) is 0 Å². The number of hydrogen-bond acceptors (Lipinski definition) is 9. The predicted molar refractivity (Wildman–Crippen MR) is 68.8 cm³/mol. The quantitative estimate of drug-likeness (QED) is 0.672. The van der Waals surface area contributed by atoms with Gasteiger partial charge in [-0.25, -0.2) is 9.97 Å². The van der Waals surface area contributed by atoms with Gasteiger partial charge in [0.05, 0.1) is 7.11 Å². The minimum absolute atomic E-state index is 0.319. The van der Waals surface area contributed by atoms with E-state index in [4.69, 9.17) is 10.5 Å². The van der Waals surface area contributed by atoms with E-state index in [1.165, 1.54) is 36.5 Å². The van der Waals surface area contributed by atoms with Gasteiger partial charge < -0.3 is 10.5 Å². The summed E-state index contributed by atoms with van der Waals surface area (Å²) in [4.78, 5) is 7.98. The van der Waals surface area contributed by atoms with Crippen LogP contribution in [0.2, 0.25) is 0 Å². The fourth-order valence-electron chi connectivity index (χ4n) is 1.04. The fraction of sp³-hybridized carbons (Fsp3) is 0.250. The summed E-state index contributed by atoms with van der Waals surface area (Å²) in [5.74, 6) is 0.790. The maximum absolute atomic E-state index is 5.69. The lowest BCUT2D eigenvalue weighted by Gasteiger charge is -2.06. The first kappa shape index (κ1) is 12.4. The molecule has 0 bridgehead atoms. The van der Waals surface area contributed by atoms with Crippen LogP contribution >= 0.6 is 34.9 Å². The van der Waals surface area contributed by atoms with Crippen LogP contribution in [-0.4, -0.2) is 33.5 Å². The highest BCUT2D eigenvalue weighted by Crippen LogP contribution is 2.37. The number of aromatic nitrogens is 4. The number of ether oxygens (including phenoxy) is 1. The predicted octanol–water partition coefficient (Wildman–Crippen LogP) is 1.79. The molecule has 0 radical (unpaired) electrons. The van der Waals surface area contributed by atoms with Crippen molar-refractivity contribution in [2.24, 2.45) is 0 Å². The maximum Gasteiger partial charge on any atom is 0.193 e. The first-order chi connectivity index (χ1) is 8.24. The van der Waals surface area contributed by atoms with E-state index >= 15 is 0 Å². The Bertz CT molecular complexity index is 518. The lowest BCUT2D eigenvalue weighted by Crippen LogP contribution is -1.98. The Kier molecular flexibility index (Phi) is 4.02. The molecule has 2 heterocycles. The van der Waals surface area contributed by atoms with Gasteiger partial charge in [0.25, 0.3) is 0 Å². The standard InChI is InChI=1S/C8H9N5OS3/c1-14-4-5(9)10-3-11-6(4)16-8-13-12-7(15-2)17-8/h3H,1-2H3,(H2,9,10,11). The van der Waals surface area contributed by atoms with Gasteiger partial charge in [0.1, 0.15) is 6.33 Å². The molecule has 90 valence electrons. The van der Waals surface area contributed by atoms with Gasteiger partial charge in [-0.1, -0.05) is 23.1 Å². The molecule has 0 aliphatic heterocycles. The van der Waals surface area contributed by atoms with E-state index in [-0.39, 0.29) is 0 Å². The maximum atomic E-state index is 5.69. The van der Waals surface area contributed by atoms with Crippen molar-refractivity contribution in [3.63, 3.8) is 0 Å². The van der Waals surface area contributed by atoms with Gasteiger partial charge in [-0.3, -0.25) is 0 Å². The zero-order valence-electron chi connectivity index (χ0n) is 9.08. The number of methoxy groups -OCH3 is 1. The molecule has 0 unspecified atom stereocenters. The Hall–Kier alpha value is -1.06. The second-order valence-electron chi connectivity index (χ2n) is 2.74. The highest BCUT2D eigenvalue weighted by atomic mass is 32.2. The summed E-state index contributed by atoms with van der Waals surface area (Å²) >= 11 is 4.42. The molecular formula is C8H9N5OS3. The summed E-state index contributed by atoms with van der Waals surface area (Å²) in [6.07, 6.45) is 3.36. The van der Waals surface area contributed by atoms with Gasteiger partial charge in [0, 0.05) is 0 Å². The molecule has 2 aromatic heterocycles. The molecule has 0 atom stereocenters. The number of nitrogens with two attached hydrogens (primary N) is 1. The van der Waals surface area contributed by atoms with Crippen molar-refractivity contribution < 1.29 is 4.74 Å². The third-order valence-electron chi connectivity index (χ3n) is 1.75. The second kappa shape index (κ2) is 5.52. The van der Waals surface area contributed by atoms with Gasteiger partial charge >= 0.3 is 0 Å². The first-order valence-electron chi connectivity index (χ1n) is 4.44. The van der Waals surface area contributed by atoms with Crippen molar-refractivity contribution in [2.45, 2.75) is 13.7 Å². The molecule has 0 aliphatic rings. The molecule has 2 rings (SSSR count). The molecule has 6 nitrogen and oxygen atoms in total. The van der Waals surface area contributed by atoms with E-state index in [2.05, 4.69) is 20.2 Å². The van der Waals surface area contributed by atoms with Crippen LogP contribution in [0, 0.1) is 0 Å². The number of anilines is 1. The van der Waals surface area contributed by atoms with Gasteiger partial charge in [0.15, 0.2) is 25.3 Å². The first-order valence-corrected chi connectivity index (χ1v) is 7.30. The van der Waals surface area contributed by atoms with Gasteiger partial charge in [-0.15, -0.1) is 10.2 Å². The molecule has 0 amide bonds. The molecule has 2 N–H and O–H groups in total. The van der Waals surface area contributed by atoms with Crippen molar-refractivity contribution in [1.82, 2.24) is 20.2 Å². The molecule has 0 spiro atoms. The molecule has 0 aliphatic carbocycles. The molecule has 0 fully saturated rings. The monoisotopic (exact) mass is 287 g/mol. The highest BCUT2D eigenvalue weighted by Gasteiger charge is 2.13. The van der Waals surface area contributed by atoms with Crippen LogP contribution < -0.4 is 10.5 Å². The average Bonchev–Trinajstić information content (AvgIpc) is 2.77. The Morgan fingerprint density at radius 1 is 1.29 bits per heavy atom. The second-order valence-corrected chi connectivity index (χ2v) is 6.00. The molecule has 2 aromatic rings. The largest absolute Gasteiger partial charge is 0.490 e. The molecule has 0 saturated carbocycles. The molecular weight excluding hydrogens is 278 g/mol. The zero-order chi connectivity index (χ0) is 12.3. The van der Waals surface area contributed by atoms with Gasteiger partial charge in [0.2, 0.25) is 0 Å². The molecule has 17 heavy (non-hydrogen) atoms. The fourth-order valence-corrected chi connectivity index (χ4v) is 3.47. The van der Waals surface area contributed by atoms with E-state index in [1.54, 1.807) is 11.8 Å². The van der Waals surface area contributed by atoms with Crippen molar-refractivity contribution >= 4 is 40.7 Å². The average molecular weight is 287 g/mol. The van der Waals surface area contributed by atoms with Gasteiger partial charge in [-0.2, -0.15) is 0 Å². The Morgan fingerprint density at radius 3 is 2.71 bits per heavy atom. The number of nitrogens with zero attached hydrogens (tertiary/aromatic N) is 4. The highest BCUT2D eigenvalue weighted by molar-refractivity contribution is 8.03. The third kappa shape index (κ3) is 2.79. The SMILES string of the molecule is COc1c(N)ncnc1Sc1nnc(SC)s1.